The number of hydrogen-bond donors (Lipinski definition) is 2. The van der Waals surface area contributed by atoms with Crippen LogP contribution in [0.2, 0.25) is 0 Å². The summed E-state index contributed by atoms with van der Waals surface area (Å²) in [5.41, 5.74) is 1.19. The van der Waals surface area contributed by atoms with Crippen LogP contribution < -0.4 is 0 Å². The average Bonchev–Trinajstić information content (AvgIpc) is 2.06. The Morgan fingerprint density at radius 2 is 1.92 bits per heavy atom. The first kappa shape index (κ1) is 9.16. The third-order valence-corrected chi connectivity index (χ3v) is 1.89. The molecule has 0 atom stereocenters. The average molecular weight is 170 g/mol. The summed E-state index contributed by atoms with van der Waals surface area (Å²) in [6.07, 6.45) is 0. The molecule has 1 aromatic rings. The van der Waals surface area contributed by atoms with E-state index in [4.69, 9.17) is 10.2 Å². The van der Waals surface area contributed by atoms with Crippen LogP contribution >= 0.6 is 0 Å². The zero-order valence-electron chi connectivity index (χ0n) is 6.84. The largest absolute Gasteiger partial charge is 0.392 e. The maximum Gasteiger partial charge on any atom is 0.134 e. The summed E-state index contributed by atoms with van der Waals surface area (Å²) in [4.78, 5) is 0. The van der Waals surface area contributed by atoms with Gasteiger partial charge in [-0.3, -0.25) is 0 Å². The Morgan fingerprint density at radius 3 is 2.42 bits per heavy atom. The highest BCUT2D eigenvalue weighted by Crippen LogP contribution is 2.17. The van der Waals surface area contributed by atoms with E-state index in [0.717, 1.165) is 0 Å². The first-order valence-electron chi connectivity index (χ1n) is 3.69. The Labute approximate surface area is 70.3 Å². The van der Waals surface area contributed by atoms with E-state index in [1.54, 1.807) is 13.0 Å². The van der Waals surface area contributed by atoms with Crippen molar-refractivity contribution in [1.29, 1.82) is 0 Å². The molecule has 0 aliphatic carbocycles. The Hall–Kier alpha value is -0.930. The van der Waals surface area contributed by atoms with Gasteiger partial charge in [0.2, 0.25) is 0 Å². The van der Waals surface area contributed by atoms with Gasteiger partial charge in [0.1, 0.15) is 5.82 Å². The SMILES string of the molecule is Cc1ccc(CO)c(F)c1CO. The fraction of sp³-hybridized carbons (Fsp3) is 0.333. The molecule has 0 bridgehead atoms. The topological polar surface area (TPSA) is 40.5 Å². The van der Waals surface area contributed by atoms with Gasteiger partial charge < -0.3 is 10.2 Å². The van der Waals surface area contributed by atoms with Gasteiger partial charge >= 0.3 is 0 Å². The quantitative estimate of drug-likeness (QED) is 0.698. The van der Waals surface area contributed by atoms with Crippen molar-refractivity contribution in [1.82, 2.24) is 0 Å². The maximum absolute atomic E-state index is 13.2. The second-order valence-corrected chi connectivity index (χ2v) is 2.65. The molecular formula is C9H11FO2. The van der Waals surface area contributed by atoms with Crippen LogP contribution in [-0.2, 0) is 13.2 Å². The molecule has 0 amide bonds. The van der Waals surface area contributed by atoms with Crippen molar-refractivity contribution in [2.45, 2.75) is 20.1 Å². The lowest BCUT2D eigenvalue weighted by molar-refractivity contribution is 0.263. The molecule has 12 heavy (non-hydrogen) atoms. The fourth-order valence-corrected chi connectivity index (χ4v) is 1.08. The molecule has 0 spiro atoms. The number of hydrogen-bond acceptors (Lipinski definition) is 2. The standard InChI is InChI=1S/C9H11FO2/c1-6-2-3-7(4-11)9(10)8(6)5-12/h2-3,11-12H,4-5H2,1H3. The molecule has 0 heterocycles. The molecule has 0 saturated heterocycles. The number of benzene rings is 1. The predicted molar refractivity (Wildman–Crippen MR) is 43.0 cm³/mol. The van der Waals surface area contributed by atoms with Gasteiger partial charge in [-0.15, -0.1) is 0 Å². The minimum Gasteiger partial charge on any atom is -0.392 e. The summed E-state index contributed by atoms with van der Waals surface area (Å²) >= 11 is 0. The summed E-state index contributed by atoms with van der Waals surface area (Å²) in [7, 11) is 0. The van der Waals surface area contributed by atoms with Crippen LogP contribution in [0.4, 0.5) is 4.39 Å². The van der Waals surface area contributed by atoms with Crippen LogP contribution in [0.5, 0.6) is 0 Å². The number of aliphatic hydroxyl groups excluding tert-OH is 2. The monoisotopic (exact) mass is 170 g/mol. The molecule has 0 aromatic heterocycles. The summed E-state index contributed by atoms with van der Waals surface area (Å²) in [6.45, 7) is 1.06. The Morgan fingerprint density at radius 1 is 1.25 bits per heavy atom. The van der Waals surface area contributed by atoms with Crippen molar-refractivity contribution in [3.8, 4) is 0 Å². The minimum atomic E-state index is -0.500. The Balaban J connectivity index is 3.24. The highest BCUT2D eigenvalue weighted by molar-refractivity contribution is 5.32. The smallest absolute Gasteiger partial charge is 0.134 e. The van der Waals surface area contributed by atoms with Crippen LogP contribution in [0.15, 0.2) is 12.1 Å². The third-order valence-electron chi connectivity index (χ3n) is 1.89. The summed E-state index contributed by atoms with van der Waals surface area (Å²) < 4.78 is 13.2. The van der Waals surface area contributed by atoms with Crippen molar-refractivity contribution in [3.63, 3.8) is 0 Å². The summed E-state index contributed by atoms with van der Waals surface area (Å²) in [5.74, 6) is -0.500. The first-order valence-corrected chi connectivity index (χ1v) is 3.69. The van der Waals surface area contributed by atoms with Crippen LogP contribution in [0.1, 0.15) is 16.7 Å². The molecule has 1 aromatic carbocycles. The number of halogens is 1. The number of rotatable bonds is 2. The lowest BCUT2D eigenvalue weighted by atomic mass is 10.1. The van der Waals surface area contributed by atoms with Crippen molar-refractivity contribution in [2.24, 2.45) is 0 Å². The fourth-order valence-electron chi connectivity index (χ4n) is 1.08. The van der Waals surface area contributed by atoms with E-state index in [1.807, 2.05) is 0 Å². The lowest BCUT2D eigenvalue weighted by Gasteiger charge is -2.06. The molecule has 0 aliphatic heterocycles. The highest BCUT2D eigenvalue weighted by Gasteiger charge is 2.08. The van der Waals surface area contributed by atoms with E-state index in [1.165, 1.54) is 6.07 Å². The van der Waals surface area contributed by atoms with E-state index in [0.29, 0.717) is 5.56 Å². The third kappa shape index (κ3) is 1.47. The zero-order chi connectivity index (χ0) is 9.14. The second kappa shape index (κ2) is 3.65. The molecule has 66 valence electrons. The Kier molecular flexibility index (Phi) is 2.78. The first-order chi connectivity index (χ1) is 5.70. The molecular weight excluding hydrogens is 159 g/mol. The van der Waals surface area contributed by atoms with Gasteiger partial charge in [-0.1, -0.05) is 12.1 Å². The summed E-state index contributed by atoms with van der Waals surface area (Å²) in [6, 6.07) is 3.20. The molecule has 1 rings (SSSR count). The summed E-state index contributed by atoms with van der Waals surface area (Å²) in [5, 5.41) is 17.5. The van der Waals surface area contributed by atoms with Gasteiger partial charge in [-0.05, 0) is 12.5 Å². The second-order valence-electron chi connectivity index (χ2n) is 2.65. The van der Waals surface area contributed by atoms with Gasteiger partial charge in [-0.2, -0.15) is 0 Å². The molecule has 0 fully saturated rings. The van der Waals surface area contributed by atoms with E-state index in [2.05, 4.69) is 0 Å². The van der Waals surface area contributed by atoms with Gasteiger partial charge in [0.05, 0.1) is 13.2 Å². The van der Waals surface area contributed by atoms with Crippen molar-refractivity contribution < 1.29 is 14.6 Å². The normalized spacial score (nSPS) is 10.3. The number of aryl methyl sites for hydroxylation is 1. The van der Waals surface area contributed by atoms with Crippen LogP contribution in [-0.4, -0.2) is 10.2 Å². The lowest BCUT2D eigenvalue weighted by Crippen LogP contribution is -1.99. The molecule has 0 radical (unpaired) electrons. The van der Waals surface area contributed by atoms with Gasteiger partial charge in [-0.25, -0.2) is 4.39 Å². The van der Waals surface area contributed by atoms with Gasteiger partial charge in [0.15, 0.2) is 0 Å². The highest BCUT2D eigenvalue weighted by atomic mass is 19.1. The van der Waals surface area contributed by atoms with E-state index >= 15 is 0 Å². The van der Waals surface area contributed by atoms with E-state index in [9.17, 15) is 4.39 Å². The van der Waals surface area contributed by atoms with Crippen molar-refractivity contribution in [3.05, 3.63) is 34.6 Å². The zero-order valence-corrected chi connectivity index (χ0v) is 6.84. The molecule has 3 heteroatoms. The van der Waals surface area contributed by atoms with Crippen LogP contribution in [0.25, 0.3) is 0 Å². The van der Waals surface area contributed by atoms with Gasteiger partial charge in [0.25, 0.3) is 0 Å². The van der Waals surface area contributed by atoms with Crippen molar-refractivity contribution in [2.75, 3.05) is 0 Å². The maximum atomic E-state index is 13.2. The van der Waals surface area contributed by atoms with Crippen LogP contribution in [0.3, 0.4) is 0 Å². The molecule has 0 unspecified atom stereocenters. The molecule has 0 saturated carbocycles. The van der Waals surface area contributed by atoms with Crippen molar-refractivity contribution >= 4 is 0 Å². The minimum absolute atomic E-state index is 0.227. The van der Waals surface area contributed by atoms with E-state index < -0.39 is 5.82 Å². The molecule has 2 N–H and O–H groups in total. The predicted octanol–water partition coefficient (Wildman–Crippen LogP) is 1.12. The number of aliphatic hydroxyl groups is 2. The van der Waals surface area contributed by atoms with Crippen LogP contribution in [0, 0.1) is 12.7 Å². The van der Waals surface area contributed by atoms with Gasteiger partial charge in [0, 0.05) is 11.1 Å². The Bertz CT molecular complexity index is 284. The molecule has 0 aliphatic rings. The molecule has 2 nitrogen and oxygen atoms in total. The van der Waals surface area contributed by atoms with E-state index in [-0.39, 0.29) is 24.3 Å².